The molecule has 0 aromatic rings. The van der Waals surface area contributed by atoms with E-state index in [0.717, 1.165) is 18.4 Å². The number of Topliss-reactive ketones (excluding diaryl/α,β-unsaturated/α-hetero) is 1. The predicted octanol–water partition coefficient (Wildman–Crippen LogP) is 2.34. The Kier molecular flexibility index (Phi) is 4.04. The van der Waals surface area contributed by atoms with Crippen LogP contribution in [-0.4, -0.2) is 34.0 Å². The second kappa shape index (κ2) is 5.86. The molecule has 0 aromatic carbocycles. The van der Waals surface area contributed by atoms with Crippen molar-refractivity contribution in [1.29, 1.82) is 5.26 Å². The Labute approximate surface area is 159 Å². The van der Waals surface area contributed by atoms with Crippen molar-refractivity contribution in [2.75, 3.05) is 6.61 Å². The Morgan fingerprint density at radius 1 is 1.30 bits per heavy atom. The third kappa shape index (κ3) is 2.17. The van der Waals surface area contributed by atoms with Gasteiger partial charge < -0.3 is 10.2 Å². The molecule has 0 radical (unpaired) electrons. The molecule has 0 aromatic heterocycles. The molecular formula is C22H27NO4. The third-order valence-electron chi connectivity index (χ3n) is 8.58. The molecule has 4 rings (SSSR count). The molecule has 0 saturated heterocycles. The summed E-state index contributed by atoms with van der Waals surface area (Å²) in [6.45, 7) is 3.47. The molecule has 0 spiro atoms. The first-order chi connectivity index (χ1) is 12.7. The maximum atomic E-state index is 12.4. The van der Waals surface area contributed by atoms with E-state index in [4.69, 9.17) is 0 Å². The van der Waals surface area contributed by atoms with Gasteiger partial charge in [0.2, 0.25) is 0 Å². The zero-order valence-electron chi connectivity index (χ0n) is 15.9. The molecule has 0 bridgehead atoms. The van der Waals surface area contributed by atoms with Crippen LogP contribution in [0.3, 0.4) is 0 Å². The Morgan fingerprint density at radius 2 is 2.00 bits per heavy atom. The van der Waals surface area contributed by atoms with Crippen LogP contribution >= 0.6 is 0 Å². The summed E-state index contributed by atoms with van der Waals surface area (Å²) in [5.41, 5.74) is -1.46. The predicted molar refractivity (Wildman–Crippen MR) is 98.1 cm³/mol. The lowest BCUT2D eigenvalue weighted by molar-refractivity contribution is -0.162. The molecule has 2 fully saturated rings. The van der Waals surface area contributed by atoms with Crippen LogP contribution in [0.25, 0.3) is 0 Å². The molecule has 2 N–H and O–H groups in total. The number of nitrogens with zero attached hydrogens (tertiary/aromatic N) is 1. The number of aliphatic hydroxyl groups is 2. The highest BCUT2D eigenvalue weighted by Crippen LogP contribution is 2.66. The molecular weight excluding hydrogens is 342 g/mol. The van der Waals surface area contributed by atoms with Crippen LogP contribution in [0.2, 0.25) is 0 Å². The van der Waals surface area contributed by atoms with E-state index < -0.39 is 23.4 Å². The zero-order valence-corrected chi connectivity index (χ0v) is 15.9. The normalized spacial score (nSPS) is 48.1. The first-order valence-electron chi connectivity index (χ1n) is 9.91. The number of carbonyl (C=O) groups excluding carboxylic acids is 2. The average molecular weight is 369 g/mol. The SMILES string of the molecule is C[C@@]12C(=CC(=O)C[C@@H]1C#N)C=C[C@@H]1[C@@H]2CC[C@@]2(C)[C@H]1CC[C@]2(O)C(=O)CO. The molecule has 0 aliphatic heterocycles. The lowest BCUT2D eigenvalue weighted by Gasteiger charge is -2.57. The zero-order chi connectivity index (χ0) is 19.6. The number of ketones is 2. The molecule has 144 valence electrons. The van der Waals surface area contributed by atoms with Crippen molar-refractivity contribution >= 4 is 11.6 Å². The van der Waals surface area contributed by atoms with Crippen LogP contribution in [0.5, 0.6) is 0 Å². The Bertz CT molecular complexity index is 808. The van der Waals surface area contributed by atoms with Crippen molar-refractivity contribution in [3.8, 4) is 6.07 Å². The molecule has 5 heteroatoms. The van der Waals surface area contributed by atoms with Crippen LogP contribution in [0.4, 0.5) is 0 Å². The standard InChI is InChI=1S/C22H27NO4/c1-20-7-5-18-16(17(20)6-8-22(20,27)19(26)12-24)4-3-13-9-15(25)10-14(11-23)21(13,18)2/h3-4,9,14,16-18,24,27H,5-8,10,12H2,1-2H3/t14-,16+,17+,18+,20+,21-,22+/m1/s1. The number of rotatable bonds is 2. The van der Waals surface area contributed by atoms with Crippen LogP contribution < -0.4 is 0 Å². The van der Waals surface area contributed by atoms with Gasteiger partial charge in [0.1, 0.15) is 12.2 Å². The van der Waals surface area contributed by atoms with E-state index >= 15 is 0 Å². The monoisotopic (exact) mass is 369 g/mol. The smallest absolute Gasteiger partial charge is 0.190 e. The number of allylic oxidation sites excluding steroid dienone is 4. The van der Waals surface area contributed by atoms with Gasteiger partial charge in [0.15, 0.2) is 11.6 Å². The van der Waals surface area contributed by atoms with Gasteiger partial charge in [0, 0.05) is 17.3 Å². The maximum absolute atomic E-state index is 12.4. The molecule has 0 amide bonds. The van der Waals surface area contributed by atoms with E-state index in [1.165, 1.54) is 0 Å². The van der Waals surface area contributed by atoms with Gasteiger partial charge in [-0.15, -0.1) is 0 Å². The first-order valence-corrected chi connectivity index (χ1v) is 9.91. The van der Waals surface area contributed by atoms with Crippen LogP contribution in [0.1, 0.15) is 46.0 Å². The summed E-state index contributed by atoms with van der Waals surface area (Å²) in [5, 5.41) is 30.3. The molecule has 4 aliphatic rings. The highest BCUT2D eigenvalue weighted by Gasteiger charge is 2.66. The van der Waals surface area contributed by atoms with Gasteiger partial charge in [-0.25, -0.2) is 0 Å². The summed E-state index contributed by atoms with van der Waals surface area (Å²) < 4.78 is 0. The van der Waals surface area contributed by atoms with Crippen molar-refractivity contribution in [1.82, 2.24) is 0 Å². The van der Waals surface area contributed by atoms with Crippen LogP contribution in [0, 0.1) is 45.8 Å². The van der Waals surface area contributed by atoms with Crippen molar-refractivity contribution in [2.24, 2.45) is 34.5 Å². The number of aliphatic hydroxyl groups excluding tert-OH is 1. The summed E-state index contributed by atoms with van der Waals surface area (Å²) in [7, 11) is 0. The number of fused-ring (bicyclic) bond motifs is 5. The summed E-state index contributed by atoms with van der Waals surface area (Å²) in [4.78, 5) is 24.4. The maximum Gasteiger partial charge on any atom is 0.190 e. The van der Waals surface area contributed by atoms with E-state index in [9.17, 15) is 25.1 Å². The van der Waals surface area contributed by atoms with Crippen molar-refractivity contribution < 1.29 is 19.8 Å². The molecule has 0 heterocycles. The summed E-state index contributed by atoms with van der Waals surface area (Å²) in [5.74, 6) is -0.293. The van der Waals surface area contributed by atoms with Gasteiger partial charge in [-0.05, 0) is 55.1 Å². The minimum atomic E-state index is -1.47. The molecule has 7 atom stereocenters. The van der Waals surface area contributed by atoms with Gasteiger partial charge >= 0.3 is 0 Å². The summed E-state index contributed by atoms with van der Waals surface area (Å²) in [6.07, 6.45) is 8.70. The topological polar surface area (TPSA) is 98.4 Å². The van der Waals surface area contributed by atoms with E-state index in [-0.39, 0.29) is 41.3 Å². The second-order valence-corrected chi connectivity index (χ2v) is 9.32. The number of hydrogen-bond acceptors (Lipinski definition) is 5. The van der Waals surface area contributed by atoms with E-state index in [0.29, 0.717) is 12.8 Å². The van der Waals surface area contributed by atoms with Crippen LogP contribution in [0.15, 0.2) is 23.8 Å². The highest BCUT2D eigenvalue weighted by atomic mass is 16.3. The van der Waals surface area contributed by atoms with E-state index in [2.05, 4.69) is 19.1 Å². The molecule has 5 nitrogen and oxygen atoms in total. The van der Waals surface area contributed by atoms with Gasteiger partial charge in [-0.1, -0.05) is 26.0 Å². The second-order valence-electron chi connectivity index (χ2n) is 9.32. The van der Waals surface area contributed by atoms with Gasteiger partial charge in [-0.3, -0.25) is 9.59 Å². The largest absolute Gasteiger partial charge is 0.388 e. The van der Waals surface area contributed by atoms with Crippen LogP contribution in [-0.2, 0) is 9.59 Å². The number of nitriles is 1. The lowest BCUT2D eigenvalue weighted by atomic mass is 9.46. The highest BCUT2D eigenvalue weighted by molar-refractivity contribution is 5.93. The fourth-order valence-electron chi connectivity index (χ4n) is 6.87. The first kappa shape index (κ1) is 18.6. The molecule has 2 saturated carbocycles. The average Bonchev–Trinajstić information content (AvgIpc) is 2.93. The van der Waals surface area contributed by atoms with Gasteiger partial charge in [0.05, 0.1) is 12.0 Å². The van der Waals surface area contributed by atoms with Crippen molar-refractivity contribution in [3.63, 3.8) is 0 Å². The Hall–Kier alpha value is -1.77. The molecule has 27 heavy (non-hydrogen) atoms. The quantitative estimate of drug-likeness (QED) is 0.778. The Morgan fingerprint density at radius 3 is 2.67 bits per heavy atom. The van der Waals surface area contributed by atoms with E-state index in [1.807, 2.05) is 13.0 Å². The van der Waals surface area contributed by atoms with Gasteiger partial charge in [-0.2, -0.15) is 5.26 Å². The number of carbonyl (C=O) groups is 2. The fraction of sp³-hybridized carbons (Fsp3) is 0.682. The minimum absolute atomic E-state index is 0.0153. The fourth-order valence-corrected chi connectivity index (χ4v) is 6.87. The lowest BCUT2D eigenvalue weighted by Crippen LogP contribution is -2.58. The molecule has 0 unspecified atom stereocenters. The van der Waals surface area contributed by atoms with Gasteiger partial charge in [0.25, 0.3) is 0 Å². The Balaban J connectivity index is 1.77. The minimum Gasteiger partial charge on any atom is -0.388 e. The molecule has 4 aliphatic carbocycles. The summed E-state index contributed by atoms with van der Waals surface area (Å²) >= 11 is 0. The summed E-state index contributed by atoms with van der Waals surface area (Å²) in [6, 6.07) is 2.39. The number of hydrogen-bond donors (Lipinski definition) is 2. The third-order valence-corrected chi connectivity index (χ3v) is 8.58. The van der Waals surface area contributed by atoms with E-state index in [1.54, 1.807) is 6.08 Å². The van der Waals surface area contributed by atoms with Crippen molar-refractivity contribution in [3.05, 3.63) is 23.8 Å². The van der Waals surface area contributed by atoms with Crippen molar-refractivity contribution in [2.45, 2.75) is 51.6 Å².